The maximum absolute atomic E-state index is 10.7. The summed E-state index contributed by atoms with van der Waals surface area (Å²) in [4.78, 5) is 14.6. The highest BCUT2D eigenvalue weighted by molar-refractivity contribution is 9.10. The zero-order chi connectivity index (χ0) is 9.26. The normalized spacial score (nSPS) is 10.2. The Morgan fingerprint density at radius 2 is 2.15 bits per heavy atom. The molecule has 0 amide bonds. The summed E-state index contributed by atoms with van der Waals surface area (Å²) < 4.78 is 0.991. The molecule has 1 aromatic heterocycles. The number of benzene rings is 1. The van der Waals surface area contributed by atoms with Crippen LogP contribution in [-0.4, -0.2) is 11.3 Å². The lowest BCUT2D eigenvalue weighted by Crippen LogP contribution is -1.85. The number of fused-ring (bicyclic) bond motifs is 1. The standard InChI is InChI=1S/C10H6BrNO/c11-9-1-2-10-7(3-9)4-12-5-8(10)6-13/h1-6H. The Labute approximate surface area is 83.7 Å². The molecule has 0 aliphatic rings. The molecule has 13 heavy (non-hydrogen) atoms. The lowest BCUT2D eigenvalue weighted by molar-refractivity contribution is 0.112. The van der Waals surface area contributed by atoms with Crippen LogP contribution in [-0.2, 0) is 0 Å². The summed E-state index contributed by atoms with van der Waals surface area (Å²) in [6.45, 7) is 0. The Morgan fingerprint density at radius 3 is 2.92 bits per heavy atom. The second-order valence-electron chi connectivity index (χ2n) is 2.71. The summed E-state index contributed by atoms with van der Waals surface area (Å²) in [7, 11) is 0. The first-order chi connectivity index (χ1) is 6.31. The number of aromatic nitrogens is 1. The van der Waals surface area contributed by atoms with Crippen LogP contribution in [0.2, 0.25) is 0 Å². The third-order valence-corrected chi connectivity index (χ3v) is 2.37. The number of carbonyl (C=O) groups is 1. The highest BCUT2D eigenvalue weighted by Gasteiger charge is 1.99. The van der Waals surface area contributed by atoms with Gasteiger partial charge in [0, 0.05) is 27.8 Å². The van der Waals surface area contributed by atoms with Crippen LogP contribution >= 0.6 is 15.9 Å². The van der Waals surface area contributed by atoms with Gasteiger partial charge in [-0.05, 0) is 17.5 Å². The van der Waals surface area contributed by atoms with E-state index in [1.807, 2.05) is 18.2 Å². The third kappa shape index (κ3) is 1.47. The number of pyridine rings is 1. The molecule has 0 aliphatic carbocycles. The smallest absolute Gasteiger partial charge is 0.152 e. The van der Waals surface area contributed by atoms with Gasteiger partial charge < -0.3 is 0 Å². The highest BCUT2D eigenvalue weighted by atomic mass is 79.9. The van der Waals surface area contributed by atoms with Crippen molar-refractivity contribution in [1.82, 2.24) is 4.98 Å². The first-order valence-electron chi connectivity index (χ1n) is 3.80. The molecule has 1 heterocycles. The van der Waals surface area contributed by atoms with Crippen LogP contribution in [0.25, 0.3) is 10.8 Å². The summed E-state index contributed by atoms with van der Waals surface area (Å²) in [6.07, 6.45) is 4.14. The minimum Gasteiger partial charge on any atom is -0.298 e. The number of hydrogen-bond acceptors (Lipinski definition) is 2. The number of carbonyl (C=O) groups excluding carboxylic acids is 1. The molecule has 0 unspecified atom stereocenters. The molecule has 0 radical (unpaired) electrons. The van der Waals surface area contributed by atoms with Crippen LogP contribution in [0.4, 0.5) is 0 Å². The molecular formula is C10H6BrNO. The molecule has 0 atom stereocenters. The largest absolute Gasteiger partial charge is 0.298 e. The van der Waals surface area contributed by atoms with Gasteiger partial charge in [-0.25, -0.2) is 0 Å². The van der Waals surface area contributed by atoms with Gasteiger partial charge in [0.15, 0.2) is 6.29 Å². The molecule has 0 fully saturated rings. The molecule has 0 aliphatic heterocycles. The second kappa shape index (κ2) is 3.26. The Bertz CT molecular complexity index is 467. The summed E-state index contributed by atoms with van der Waals surface area (Å²) in [5, 5.41) is 1.91. The number of hydrogen-bond donors (Lipinski definition) is 0. The van der Waals surface area contributed by atoms with Crippen LogP contribution in [0.5, 0.6) is 0 Å². The van der Waals surface area contributed by atoms with E-state index in [2.05, 4.69) is 20.9 Å². The maximum Gasteiger partial charge on any atom is 0.152 e. The van der Waals surface area contributed by atoms with Crippen LogP contribution in [0.1, 0.15) is 10.4 Å². The predicted octanol–water partition coefficient (Wildman–Crippen LogP) is 2.81. The molecule has 64 valence electrons. The van der Waals surface area contributed by atoms with Gasteiger partial charge in [-0.2, -0.15) is 0 Å². The van der Waals surface area contributed by atoms with Crippen LogP contribution in [0.3, 0.4) is 0 Å². The Morgan fingerprint density at radius 1 is 1.31 bits per heavy atom. The fourth-order valence-electron chi connectivity index (χ4n) is 1.26. The average Bonchev–Trinajstić information content (AvgIpc) is 2.16. The molecule has 2 rings (SSSR count). The summed E-state index contributed by atoms with van der Waals surface area (Å²) in [5.41, 5.74) is 0.630. The van der Waals surface area contributed by atoms with Gasteiger partial charge >= 0.3 is 0 Å². The fourth-order valence-corrected chi connectivity index (χ4v) is 1.64. The van der Waals surface area contributed by atoms with E-state index < -0.39 is 0 Å². The lowest BCUT2D eigenvalue weighted by Gasteiger charge is -1.99. The van der Waals surface area contributed by atoms with Gasteiger partial charge in [0.1, 0.15) is 0 Å². The van der Waals surface area contributed by atoms with Crippen molar-refractivity contribution in [1.29, 1.82) is 0 Å². The third-order valence-electron chi connectivity index (χ3n) is 1.88. The molecule has 3 heteroatoms. The number of halogens is 1. The molecule has 1 aromatic carbocycles. The van der Waals surface area contributed by atoms with Gasteiger partial charge in [0.05, 0.1) is 0 Å². The average molecular weight is 236 g/mol. The molecule has 2 aromatic rings. The van der Waals surface area contributed by atoms with Crippen molar-refractivity contribution >= 4 is 33.0 Å². The SMILES string of the molecule is O=Cc1cncc2cc(Br)ccc12. The number of nitrogens with zero attached hydrogens (tertiary/aromatic N) is 1. The van der Waals surface area contributed by atoms with E-state index in [4.69, 9.17) is 0 Å². The van der Waals surface area contributed by atoms with Gasteiger partial charge in [-0.3, -0.25) is 9.78 Å². The summed E-state index contributed by atoms with van der Waals surface area (Å²) in [5.74, 6) is 0. The Hall–Kier alpha value is -1.22. The molecule has 0 saturated carbocycles. The van der Waals surface area contributed by atoms with E-state index in [0.717, 1.165) is 21.5 Å². The molecule has 2 nitrogen and oxygen atoms in total. The van der Waals surface area contributed by atoms with Crippen molar-refractivity contribution in [3.8, 4) is 0 Å². The van der Waals surface area contributed by atoms with Crippen molar-refractivity contribution < 1.29 is 4.79 Å². The van der Waals surface area contributed by atoms with Gasteiger partial charge in [0.2, 0.25) is 0 Å². The molecule has 0 N–H and O–H groups in total. The van der Waals surface area contributed by atoms with Crippen molar-refractivity contribution in [3.05, 3.63) is 40.6 Å². The zero-order valence-electron chi connectivity index (χ0n) is 6.70. The van der Waals surface area contributed by atoms with Gasteiger partial charge in [0.25, 0.3) is 0 Å². The van der Waals surface area contributed by atoms with Crippen molar-refractivity contribution in [3.63, 3.8) is 0 Å². The van der Waals surface area contributed by atoms with E-state index in [1.165, 1.54) is 0 Å². The van der Waals surface area contributed by atoms with E-state index in [0.29, 0.717) is 5.56 Å². The van der Waals surface area contributed by atoms with Gasteiger partial charge in [-0.1, -0.05) is 22.0 Å². The molecule has 0 saturated heterocycles. The topological polar surface area (TPSA) is 30.0 Å². The number of rotatable bonds is 1. The molecule has 0 spiro atoms. The molecular weight excluding hydrogens is 230 g/mol. The lowest BCUT2D eigenvalue weighted by atomic mass is 10.1. The summed E-state index contributed by atoms with van der Waals surface area (Å²) in [6, 6.07) is 5.76. The predicted molar refractivity (Wildman–Crippen MR) is 54.8 cm³/mol. The van der Waals surface area contributed by atoms with Crippen LogP contribution in [0.15, 0.2) is 35.1 Å². The van der Waals surface area contributed by atoms with Crippen molar-refractivity contribution in [2.24, 2.45) is 0 Å². The number of aldehydes is 1. The quantitative estimate of drug-likeness (QED) is 0.712. The fraction of sp³-hybridized carbons (Fsp3) is 0. The molecule has 0 bridgehead atoms. The minimum atomic E-state index is 0.630. The Kier molecular flexibility index (Phi) is 2.10. The Balaban J connectivity index is 2.84. The van der Waals surface area contributed by atoms with E-state index in [-0.39, 0.29) is 0 Å². The van der Waals surface area contributed by atoms with Crippen molar-refractivity contribution in [2.75, 3.05) is 0 Å². The van der Waals surface area contributed by atoms with Gasteiger partial charge in [-0.15, -0.1) is 0 Å². The first-order valence-corrected chi connectivity index (χ1v) is 4.59. The van der Waals surface area contributed by atoms with Crippen LogP contribution < -0.4 is 0 Å². The van der Waals surface area contributed by atoms with Crippen molar-refractivity contribution in [2.45, 2.75) is 0 Å². The van der Waals surface area contributed by atoms with E-state index in [9.17, 15) is 4.79 Å². The maximum atomic E-state index is 10.7. The zero-order valence-corrected chi connectivity index (χ0v) is 8.28. The highest BCUT2D eigenvalue weighted by Crippen LogP contribution is 2.20. The van der Waals surface area contributed by atoms with E-state index >= 15 is 0 Å². The summed E-state index contributed by atoms with van der Waals surface area (Å²) >= 11 is 3.36. The second-order valence-corrected chi connectivity index (χ2v) is 3.63. The minimum absolute atomic E-state index is 0.630. The first kappa shape index (κ1) is 8.38. The van der Waals surface area contributed by atoms with Crippen LogP contribution in [0, 0.1) is 0 Å². The monoisotopic (exact) mass is 235 g/mol. The van der Waals surface area contributed by atoms with E-state index in [1.54, 1.807) is 12.4 Å².